The van der Waals surface area contributed by atoms with Crippen molar-refractivity contribution in [2.24, 2.45) is 10.9 Å². The van der Waals surface area contributed by atoms with E-state index in [1.807, 2.05) is 0 Å². The van der Waals surface area contributed by atoms with Gasteiger partial charge < -0.3 is 4.74 Å². The summed E-state index contributed by atoms with van der Waals surface area (Å²) in [4.78, 5) is 12.9. The maximum absolute atomic E-state index is 9.52. The van der Waals surface area contributed by atoms with Gasteiger partial charge in [-0.25, -0.2) is 9.79 Å². The third kappa shape index (κ3) is 1.15. The molecule has 0 radical (unpaired) electrons. The number of nitrogens with zero attached hydrogens (tertiary/aromatic N) is 1. The van der Waals surface area contributed by atoms with Gasteiger partial charge in [0.05, 0.1) is 19.8 Å². The van der Waals surface area contributed by atoms with E-state index in [2.05, 4.69) is 4.99 Å². The first-order valence-corrected chi connectivity index (χ1v) is 2.55. The van der Waals surface area contributed by atoms with E-state index in [1.165, 1.54) is 6.08 Å². The third-order valence-electron chi connectivity index (χ3n) is 1.12. The van der Waals surface area contributed by atoms with Gasteiger partial charge in [-0.2, -0.15) is 0 Å². The molecule has 0 aromatic carbocycles. The van der Waals surface area contributed by atoms with E-state index < -0.39 is 0 Å². The smallest absolute Gasteiger partial charge is 0.234 e. The van der Waals surface area contributed by atoms with Crippen molar-refractivity contribution in [3.63, 3.8) is 0 Å². The van der Waals surface area contributed by atoms with E-state index in [9.17, 15) is 4.79 Å². The second-order valence-electron chi connectivity index (χ2n) is 1.84. The molecule has 1 saturated heterocycles. The van der Waals surface area contributed by atoms with Crippen LogP contribution in [-0.2, 0) is 9.53 Å². The molecule has 0 aromatic rings. The van der Waals surface area contributed by atoms with Crippen molar-refractivity contribution in [3.8, 4) is 0 Å². The van der Waals surface area contributed by atoms with Crippen LogP contribution in [0.25, 0.3) is 0 Å². The summed E-state index contributed by atoms with van der Waals surface area (Å²) in [6, 6.07) is 0. The Morgan fingerprint density at radius 2 is 2.50 bits per heavy atom. The first-order chi connectivity index (χ1) is 3.93. The number of aliphatic imine (C=N–C) groups is 1. The summed E-state index contributed by atoms with van der Waals surface area (Å²) in [7, 11) is 0. The number of rotatable bonds is 2. The Hall–Kier alpha value is -0.660. The molecule has 0 spiro atoms. The number of isocyanates is 1. The van der Waals surface area contributed by atoms with E-state index in [0.717, 1.165) is 13.2 Å². The fourth-order valence-electron chi connectivity index (χ4n) is 0.556. The van der Waals surface area contributed by atoms with Crippen LogP contribution in [0.4, 0.5) is 0 Å². The first-order valence-electron chi connectivity index (χ1n) is 2.55. The Labute approximate surface area is 47.4 Å². The molecule has 44 valence electrons. The standard InChI is InChI=1S/C5H7NO2/c7-4-6-1-5-2-8-3-5/h5H,1-3H2. The molecule has 1 aliphatic rings. The van der Waals surface area contributed by atoms with Crippen molar-refractivity contribution < 1.29 is 9.53 Å². The predicted molar refractivity (Wildman–Crippen MR) is 27.3 cm³/mol. The number of carbonyl (C=O) groups excluding carboxylic acids is 1. The van der Waals surface area contributed by atoms with Crippen molar-refractivity contribution >= 4 is 6.08 Å². The summed E-state index contributed by atoms with van der Waals surface area (Å²) in [5.41, 5.74) is 0. The van der Waals surface area contributed by atoms with Gasteiger partial charge in [-0.3, -0.25) is 0 Å². The van der Waals surface area contributed by atoms with E-state index in [1.54, 1.807) is 0 Å². The van der Waals surface area contributed by atoms with Gasteiger partial charge in [0.25, 0.3) is 0 Å². The highest BCUT2D eigenvalue weighted by atomic mass is 16.5. The normalized spacial score (nSPS) is 19.0. The van der Waals surface area contributed by atoms with Crippen LogP contribution in [0, 0.1) is 5.92 Å². The van der Waals surface area contributed by atoms with Gasteiger partial charge in [0.1, 0.15) is 0 Å². The molecule has 0 N–H and O–H groups in total. The highest BCUT2D eigenvalue weighted by Crippen LogP contribution is 2.08. The summed E-state index contributed by atoms with van der Waals surface area (Å²) in [6.07, 6.45) is 1.49. The molecule has 0 aromatic heterocycles. The lowest BCUT2D eigenvalue weighted by Crippen LogP contribution is -2.29. The predicted octanol–water partition coefficient (Wildman–Crippen LogP) is -0.0314. The summed E-state index contributed by atoms with van der Waals surface area (Å²) in [5.74, 6) is 0.483. The van der Waals surface area contributed by atoms with Gasteiger partial charge in [-0.15, -0.1) is 0 Å². The van der Waals surface area contributed by atoms with Crippen LogP contribution < -0.4 is 0 Å². The van der Waals surface area contributed by atoms with Crippen LogP contribution in [0.2, 0.25) is 0 Å². The molecule has 0 amide bonds. The number of ether oxygens (including phenoxy) is 1. The molecule has 0 bridgehead atoms. The Morgan fingerprint density at radius 1 is 1.75 bits per heavy atom. The topological polar surface area (TPSA) is 38.7 Å². The Morgan fingerprint density at radius 3 is 2.88 bits per heavy atom. The van der Waals surface area contributed by atoms with Gasteiger partial charge in [-0.05, 0) is 0 Å². The summed E-state index contributed by atoms with van der Waals surface area (Å²) in [6.45, 7) is 2.10. The van der Waals surface area contributed by atoms with E-state index in [-0.39, 0.29) is 0 Å². The minimum absolute atomic E-state index is 0.483. The Kier molecular flexibility index (Phi) is 1.78. The quantitative estimate of drug-likeness (QED) is 0.372. The lowest BCUT2D eigenvalue weighted by atomic mass is 10.1. The first kappa shape index (κ1) is 5.48. The molecule has 1 heterocycles. The second-order valence-corrected chi connectivity index (χ2v) is 1.84. The molecular weight excluding hydrogens is 106 g/mol. The molecule has 0 aliphatic carbocycles. The van der Waals surface area contributed by atoms with Gasteiger partial charge in [0.2, 0.25) is 6.08 Å². The summed E-state index contributed by atoms with van der Waals surface area (Å²) < 4.78 is 4.84. The molecule has 3 nitrogen and oxygen atoms in total. The van der Waals surface area contributed by atoms with Crippen molar-refractivity contribution in [1.29, 1.82) is 0 Å². The number of hydrogen-bond donors (Lipinski definition) is 0. The van der Waals surface area contributed by atoms with Crippen molar-refractivity contribution in [2.75, 3.05) is 19.8 Å². The second kappa shape index (κ2) is 2.60. The van der Waals surface area contributed by atoms with E-state index >= 15 is 0 Å². The zero-order valence-corrected chi connectivity index (χ0v) is 4.46. The maximum atomic E-state index is 9.52. The molecule has 1 fully saturated rings. The van der Waals surface area contributed by atoms with Crippen molar-refractivity contribution in [2.45, 2.75) is 0 Å². The van der Waals surface area contributed by atoms with Crippen molar-refractivity contribution in [3.05, 3.63) is 0 Å². The number of hydrogen-bond acceptors (Lipinski definition) is 3. The Balaban J connectivity index is 2.09. The third-order valence-corrected chi connectivity index (χ3v) is 1.12. The molecule has 1 rings (SSSR count). The van der Waals surface area contributed by atoms with Crippen LogP contribution in [-0.4, -0.2) is 25.8 Å². The van der Waals surface area contributed by atoms with Gasteiger partial charge in [-0.1, -0.05) is 0 Å². The Bertz CT molecular complexity index is 114. The van der Waals surface area contributed by atoms with Gasteiger partial charge in [0, 0.05) is 5.92 Å². The summed E-state index contributed by atoms with van der Waals surface area (Å²) in [5, 5.41) is 0. The van der Waals surface area contributed by atoms with Gasteiger partial charge >= 0.3 is 0 Å². The monoisotopic (exact) mass is 113 g/mol. The summed E-state index contributed by atoms with van der Waals surface area (Å²) >= 11 is 0. The maximum Gasteiger partial charge on any atom is 0.234 e. The molecule has 0 unspecified atom stereocenters. The average molecular weight is 113 g/mol. The molecule has 3 heteroatoms. The largest absolute Gasteiger partial charge is 0.381 e. The lowest BCUT2D eigenvalue weighted by molar-refractivity contribution is -0.0265. The highest BCUT2D eigenvalue weighted by Gasteiger charge is 2.16. The van der Waals surface area contributed by atoms with Gasteiger partial charge in [0.15, 0.2) is 0 Å². The molecule has 0 atom stereocenters. The minimum atomic E-state index is 0.483. The van der Waals surface area contributed by atoms with Crippen LogP contribution in [0.1, 0.15) is 0 Å². The SMILES string of the molecule is O=C=NCC1COC1. The van der Waals surface area contributed by atoms with Crippen LogP contribution in [0.5, 0.6) is 0 Å². The fourth-order valence-corrected chi connectivity index (χ4v) is 0.556. The molecule has 1 aliphatic heterocycles. The van der Waals surface area contributed by atoms with Crippen LogP contribution in [0.3, 0.4) is 0 Å². The minimum Gasteiger partial charge on any atom is -0.381 e. The zero-order chi connectivity index (χ0) is 5.82. The molecule has 0 saturated carbocycles. The zero-order valence-electron chi connectivity index (χ0n) is 4.46. The molecular formula is C5H7NO2. The van der Waals surface area contributed by atoms with Crippen LogP contribution in [0.15, 0.2) is 4.99 Å². The highest BCUT2D eigenvalue weighted by molar-refractivity contribution is 5.32. The average Bonchev–Trinajstić information content (AvgIpc) is 1.63. The van der Waals surface area contributed by atoms with E-state index in [4.69, 9.17) is 4.74 Å². The van der Waals surface area contributed by atoms with Crippen LogP contribution >= 0.6 is 0 Å². The van der Waals surface area contributed by atoms with Crippen molar-refractivity contribution in [1.82, 2.24) is 0 Å². The fraction of sp³-hybridized carbons (Fsp3) is 0.800. The lowest BCUT2D eigenvalue weighted by Gasteiger charge is -2.22. The van der Waals surface area contributed by atoms with E-state index in [0.29, 0.717) is 12.5 Å². The molecule has 8 heavy (non-hydrogen) atoms.